The van der Waals surface area contributed by atoms with Crippen molar-refractivity contribution < 1.29 is 28.2 Å². The normalized spacial score (nSPS) is 18.0. The van der Waals surface area contributed by atoms with Crippen LogP contribution < -0.4 is 10.4 Å². The third-order valence-corrected chi connectivity index (χ3v) is 6.31. The van der Waals surface area contributed by atoms with E-state index in [1.165, 1.54) is 18.2 Å². The molecule has 1 aliphatic rings. The van der Waals surface area contributed by atoms with Crippen LogP contribution in [0.2, 0.25) is 0 Å². The lowest BCUT2D eigenvalue weighted by Crippen LogP contribution is -2.52. The fourth-order valence-electron chi connectivity index (χ4n) is 4.46. The third kappa shape index (κ3) is 5.83. The van der Waals surface area contributed by atoms with Gasteiger partial charge in [0.25, 0.3) is 0 Å². The molecule has 2 atom stereocenters. The number of esters is 2. The van der Waals surface area contributed by atoms with Crippen LogP contribution in [0.15, 0.2) is 106 Å². The zero-order chi connectivity index (χ0) is 27.4. The maximum absolute atomic E-state index is 13.1. The van der Waals surface area contributed by atoms with Crippen molar-refractivity contribution in [2.75, 3.05) is 0 Å². The Morgan fingerprint density at radius 2 is 1.33 bits per heavy atom. The fraction of sp³-hybridized carbons (Fsp3) is 0.156. The summed E-state index contributed by atoms with van der Waals surface area (Å²) in [6.45, 7) is 3.47. The highest BCUT2D eigenvalue weighted by Crippen LogP contribution is 2.46. The SMILES string of the molecule is CC1(C)Oc2ccc3ccc(=O)oc3c2[C@@H](OC(=O)/C=C/c2ccccc2)[C@@H]1OC(=O)/C=C/c1ccccc1. The van der Waals surface area contributed by atoms with Crippen LogP contribution in [0.1, 0.15) is 36.6 Å². The molecule has 1 aromatic heterocycles. The van der Waals surface area contributed by atoms with Gasteiger partial charge in [0.05, 0.1) is 5.56 Å². The van der Waals surface area contributed by atoms with Crippen LogP contribution in [0.5, 0.6) is 5.75 Å². The van der Waals surface area contributed by atoms with Gasteiger partial charge in [0, 0.05) is 23.6 Å². The van der Waals surface area contributed by atoms with Gasteiger partial charge in [0.15, 0.2) is 12.2 Å². The first-order chi connectivity index (χ1) is 18.8. The topological polar surface area (TPSA) is 92.0 Å². The average molecular weight is 523 g/mol. The summed E-state index contributed by atoms with van der Waals surface area (Å²) in [7, 11) is 0. The summed E-state index contributed by atoms with van der Waals surface area (Å²) in [5.41, 5.74) is 0.472. The number of ether oxygens (including phenoxy) is 3. The molecule has 0 N–H and O–H groups in total. The van der Waals surface area contributed by atoms with Crippen LogP contribution in [-0.4, -0.2) is 23.6 Å². The number of benzene rings is 3. The van der Waals surface area contributed by atoms with Crippen molar-refractivity contribution in [1.82, 2.24) is 0 Å². The van der Waals surface area contributed by atoms with Crippen molar-refractivity contribution in [3.8, 4) is 5.75 Å². The molecule has 3 aromatic carbocycles. The van der Waals surface area contributed by atoms with Crippen molar-refractivity contribution in [3.05, 3.63) is 124 Å². The number of hydrogen-bond acceptors (Lipinski definition) is 7. The van der Waals surface area contributed by atoms with E-state index in [1.54, 1.807) is 44.2 Å². The van der Waals surface area contributed by atoms with E-state index < -0.39 is 35.4 Å². The Labute approximate surface area is 224 Å². The molecule has 4 aromatic rings. The van der Waals surface area contributed by atoms with Crippen molar-refractivity contribution >= 4 is 35.1 Å². The number of carbonyl (C=O) groups excluding carboxylic acids is 2. The predicted molar refractivity (Wildman–Crippen MR) is 147 cm³/mol. The third-order valence-electron chi connectivity index (χ3n) is 6.31. The second kappa shape index (κ2) is 10.8. The monoisotopic (exact) mass is 522 g/mol. The molecule has 0 fully saturated rings. The van der Waals surface area contributed by atoms with E-state index >= 15 is 0 Å². The summed E-state index contributed by atoms with van der Waals surface area (Å²) in [5.74, 6) is -0.950. The lowest BCUT2D eigenvalue weighted by Gasteiger charge is -2.43. The first kappa shape index (κ1) is 25.7. The molecule has 7 heteroatoms. The standard InChI is InChI=1S/C32H26O7/c1-32(2)31(38-27(35)19-14-22-11-7-4-8-12-22)30(37-25(33)18-13-21-9-5-3-6-10-21)28-24(39-32)17-15-23-16-20-26(34)36-29(23)28/h3-20,30-31H,1-2H3/b18-13+,19-14+/t30-,31+/m1/s1. The molecule has 196 valence electrons. The maximum Gasteiger partial charge on any atom is 0.336 e. The van der Waals surface area contributed by atoms with E-state index in [1.807, 2.05) is 60.7 Å². The highest BCUT2D eigenvalue weighted by atomic mass is 16.6. The molecule has 0 unspecified atom stereocenters. The highest BCUT2D eigenvalue weighted by molar-refractivity contribution is 5.89. The van der Waals surface area contributed by atoms with Gasteiger partial charge in [0.2, 0.25) is 0 Å². The molecule has 0 aliphatic carbocycles. The molecule has 1 aliphatic heterocycles. The van der Waals surface area contributed by atoms with Crippen molar-refractivity contribution in [3.63, 3.8) is 0 Å². The average Bonchev–Trinajstić information content (AvgIpc) is 2.93. The van der Waals surface area contributed by atoms with Crippen LogP contribution in [0.25, 0.3) is 23.1 Å². The van der Waals surface area contributed by atoms with Crippen LogP contribution in [-0.2, 0) is 19.1 Å². The van der Waals surface area contributed by atoms with Crippen LogP contribution in [0.4, 0.5) is 0 Å². The smallest absolute Gasteiger partial charge is 0.336 e. The first-order valence-electron chi connectivity index (χ1n) is 12.4. The maximum atomic E-state index is 13.1. The van der Waals surface area contributed by atoms with E-state index in [9.17, 15) is 14.4 Å². The van der Waals surface area contributed by atoms with Crippen LogP contribution in [0, 0.1) is 0 Å². The Hall–Kier alpha value is -4.91. The Morgan fingerprint density at radius 3 is 1.95 bits per heavy atom. The molecule has 0 radical (unpaired) electrons. The van der Waals surface area contributed by atoms with Gasteiger partial charge in [-0.25, -0.2) is 14.4 Å². The minimum absolute atomic E-state index is 0.196. The van der Waals surface area contributed by atoms with Crippen molar-refractivity contribution in [2.24, 2.45) is 0 Å². The lowest BCUT2D eigenvalue weighted by atomic mass is 9.87. The first-order valence-corrected chi connectivity index (χ1v) is 12.4. The summed E-state index contributed by atoms with van der Waals surface area (Å²) in [6.07, 6.45) is 3.67. The minimum atomic E-state index is -1.13. The van der Waals surface area contributed by atoms with Crippen LogP contribution >= 0.6 is 0 Å². The second-order valence-electron chi connectivity index (χ2n) is 9.56. The summed E-state index contributed by atoms with van der Waals surface area (Å²) in [4.78, 5) is 38.1. The Kier molecular flexibility index (Phi) is 7.14. The molecule has 0 saturated heterocycles. The molecule has 0 amide bonds. The molecule has 7 nitrogen and oxygen atoms in total. The number of rotatable bonds is 6. The van der Waals surface area contributed by atoms with Gasteiger partial charge in [-0.1, -0.05) is 60.7 Å². The predicted octanol–water partition coefficient (Wildman–Crippen LogP) is 5.89. The molecule has 5 rings (SSSR count). The van der Waals surface area contributed by atoms with Crippen molar-refractivity contribution in [2.45, 2.75) is 31.7 Å². The van der Waals surface area contributed by atoms with E-state index in [0.29, 0.717) is 16.7 Å². The molecule has 0 bridgehead atoms. The fourth-order valence-corrected chi connectivity index (χ4v) is 4.46. The summed E-state index contributed by atoms with van der Waals surface area (Å²) in [5, 5.41) is 0.603. The van der Waals surface area contributed by atoms with Gasteiger partial charge in [-0.15, -0.1) is 0 Å². The largest absolute Gasteiger partial charge is 0.483 e. The van der Waals surface area contributed by atoms with Gasteiger partial charge in [-0.3, -0.25) is 0 Å². The highest BCUT2D eigenvalue weighted by Gasteiger charge is 2.49. The molecule has 0 spiro atoms. The van der Waals surface area contributed by atoms with Gasteiger partial charge in [-0.2, -0.15) is 0 Å². The summed E-state index contributed by atoms with van der Waals surface area (Å²) in [6, 6.07) is 25.0. The van der Waals surface area contributed by atoms with E-state index in [0.717, 1.165) is 11.1 Å². The number of carbonyl (C=O) groups is 2. The van der Waals surface area contributed by atoms with E-state index in [2.05, 4.69) is 0 Å². The van der Waals surface area contributed by atoms with Gasteiger partial charge >= 0.3 is 17.6 Å². The molecule has 39 heavy (non-hydrogen) atoms. The van der Waals surface area contributed by atoms with Gasteiger partial charge < -0.3 is 18.6 Å². The Bertz CT molecular complexity index is 1620. The number of hydrogen-bond donors (Lipinski definition) is 0. The minimum Gasteiger partial charge on any atom is -0.483 e. The summed E-state index contributed by atoms with van der Waals surface area (Å²) >= 11 is 0. The van der Waals surface area contributed by atoms with E-state index in [4.69, 9.17) is 18.6 Å². The van der Waals surface area contributed by atoms with Gasteiger partial charge in [0.1, 0.15) is 16.9 Å². The molecular weight excluding hydrogens is 496 g/mol. The van der Waals surface area contributed by atoms with Crippen molar-refractivity contribution in [1.29, 1.82) is 0 Å². The zero-order valence-corrected chi connectivity index (χ0v) is 21.4. The Balaban J connectivity index is 1.53. The molecule has 0 saturated carbocycles. The zero-order valence-electron chi connectivity index (χ0n) is 21.4. The second-order valence-corrected chi connectivity index (χ2v) is 9.56. The Morgan fingerprint density at radius 1 is 0.769 bits per heavy atom. The quantitative estimate of drug-likeness (QED) is 0.177. The molecular formula is C32H26O7. The summed E-state index contributed by atoms with van der Waals surface area (Å²) < 4.78 is 23.5. The van der Waals surface area contributed by atoms with Gasteiger partial charge in [-0.05, 0) is 55.3 Å². The number of fused-ring (bicyclic) bond motifs is 3. The lowest BCUT2D eigenvalue weighted by molar-refractivity contribution is -0.184. The van der Waals surface area contributed by atoms with E-state index in [-0.39, 0.29) is 5.58 Å². The van der Waals surface area contributed by atoms with Crippen LogP contribution in [0.3, 0.4) is 0 Å². The molecule has 2 heterocycles.